The van der Waals surface area contributed by atoms with Gasteiger partial charge in [-0.05, 0) is 128 Å². The highest BCUT2D eigenvalue weighted by molar-refractivity contribution is 4.80. The monoisotopic (exact) mass is 1490 g/mol. The number of nitrogens with zero attached hydrogens (tertiary/aromatic N) is 4. The van der Waals surface area contributed by atoms with E-state index < -0.39 is 0 Å². The molecule has 4 unspecified atom stereocenters. The summed E-state index contributed by atoms with van der Waals surface area (Å²) in [4.78, 5) is 8.31. The summed E-state index contributed by atoms with van der Waals surface area (Å²) in [5, 5.41) is 40.5. The predicted octanol–water partition coefficient (Wildman–Crippen LogP) is 29.5. The van der Waals surface area contributed by atoms with E-state index >= 15 is 0 Å². The summed E-state index contributed by atoms with van der Waals surface area (Å²) >= 11 is 0. The van der Waals surface area contributed by atoms with Crippen LogP contribution in [-0.4, -0.2) is 124 Å². The number of aliphatic hydroxyl groups is 4. The number of rotatable bonds is 59. The van der Waals surface area contributed by atoms with E-state index in [-0.39, 0.29) is 24.4 Å². The van der Waals surface area contributed by atoms with Gasteiger partial charge >= 0.3 is 0 Å². The van der Waals surface area contributed by atoms with Crippen LogP contribution in [0.1, 0.15) is 464 Å². The summed E-state index contributed by atoms with van der Waals surface area (Å²) in [7, 11) is 1.87. The molecular formula is C96H203N5O4. The molecule has 0 spiro atoms. The quantitative estimate of drug-likeness (QED) is 0.0231. The highest BCUT2D eigenvalue weighted by Gasteiger charge is 2.14. The lowest BCUT2D eigenvalue weighted by atomic mass is 9.86. The Morgan fingerprint density at radius 1 is 0.324 bits per heavy atom. The molecule has 0 amide bonds. The zero-order chi connectivity index (χ0) is 80.6. The van der Waals surface area contributed by atoms with Crippen LogP contribution in [0.5, 0.6) is 0 Å². The van der Waals surface area contributed by atoms with Crippen molar-refractivity contribution < 1.29 is 20.4 Å². The third-order valence-electron chi connectivity index (χ3n) is 19.8. The molecule has 0 aromatic rings. The van der Waals surface area contributed by atoms with Gasteiger partial charge in [0.2, 0.25) is 0 Å². The van der Waals surface area contributed by atoms with Gasteiger partial charge in [-0.1, -0.05) is 425 Å². The zero-order valence-corrected chi connectivity index (χ0v) is 75.5. The molecule has 0 aromatic heterocycles. The first kappa shape index (κ1) is 119. The van der Waals surface area contributed by atoms with E-state index in [9.17, 15) is 15.3 Å². The van der Waals surface area contributed by atoms with Gasteiger partial charge in [0.05, 0.1) is 37.8 Å². The lowest BCUT2D eigenvalue weighted by Gasteiger charge is -2.30. The van der Waals surface area contributed by atoms with Crippen molar-refractivity contribution in [2.45, 2.75) is 488 Å². The van der Waals surface area contributed by atoms with E-state index in [4.69, 9.17) is 5.11 Å². The molecule has 636 valence electrons. The maximum absolute atomic E-state index is 9.59. The molecule has 0 aliphatic heterocycles. The Bertz CT molecular complexity index is 1420. The van der Waals surface area contributed by atoms with Crippen molar-refractivity contribution in [1.82, 2.24) is 24.9 Å². The van der Waals surface area contributed by atoms with Crippen LogP contribution in [-0.2, 0) is 0 Å². The van der Waals surface area contributed by atoms with Crippen LogP contribution in [0.4, 0.5) is 0 Å². The third kappa shape index (κ3) is 113. The predicted molar refractivity (Wildman–Crippen MR) is 482 cm³/mol. The maximum atomic E-state index is 9.59. The van der Waals surface area contributed by atoms with Gasteiger partial charge in [0.25, 0.3) is 0 Å². The highest BCUT2D eigenvalue weighted by atomic mass is 16.3. The number of allylic oxidation sites excluding steroid dienone is 2. The SMILES string of the molecule is C=CCC1CCCCC1.C=CCCCC(O)CC.C=CN(CC(O)CC)CN(C=C)CC(O)CC.C=CN(CNC)CC(O)CC.CCCC1CCCCC1.CCCCCC.CCCCCCCCCC.CCCCCCCCCC.CCCCCCCCCCCCCC.CCCN(CCC)CCC. The van der Waals surface area contributed by atoms with Crippen LogP contribution < -0.4 is 5.32 Å². The standard InChI is InChI=1S/C14H30.C13H26N2O2.2C10H22.C9H21N.C9H18.C9H16.C8H18N2O.C8H16O.C6H14/c1-3-5-7-9-11-13-14-12-10-8-6-4-2;1-5-12(16)9-14(7-3)11-15(8-4)10-13(17)6-2;2*1-3-5-7-9-10-8-6-4-2;1-4-7-10(8-5-2)9-6-3;2*1-2-6-9-7-4-3-5-8-9;1-4-8(11)6-10(5-2)7-9-3;1-3-5-6-7-8(9)4-2;1-3-5-6-4-2/h3-14H2,1-2H3;7-8,12-13,16-17H,3-6,9-11H2,1-2H3;2*3-10H2,1-2H3;4-9H2,1-3H3;9H,2-8H2,1H3;2,9H,1,3-8H2;5,8-9,11H,2,4,6-7H2,1,3H3;3,8-9H,1,4-7H2,2H3;3-6H2,1-2H3. The second-order valence-corrected chi connectivity index (χ2v) is 30.6. The first-order valence-corrected chi connectivity index (χ1v) is 46.4. The van der Waals surface area contributed by atoms with Crippen molar-refractivity contribution in [2.75, 3.05) is 59.7 Å². The van der Waals surface area contributed by atoms with Gasteiger partial charge < -0.3 is 45.3 Å². The number of nitrogens with one attached hydrogen (secondary N) is 1. The molecule has 0 aromatic carbocycles. The second-order valence-electron chi connectivity index (χ2n) is 30.6. The van der Waals surface area contributed by atoms with Gasteiger partial charge in [-0.15, -0.1) is 13.2 Å². The van der Waals surface area contributed by atoms with Gasteiger partial charge in [0.1, 0.15) is 0 Å². The Morgan fingerprint density at radius 2 is 0.600 bits per heavy atom. The summed E-state index contributed by atoms with van der Waals surface area (Å²) < 4.78 is 0. The van der Waals surface area contributed by atoms with E-state index in [0.717, 1.165) is 63.5 Å². The molecule has 0 bridgehead atoms. The number of hydrogen-bond donors (Lipinski definition) is 5. The van der Waals surface area contributed by atoms with Crippen molar-refractivity contribution in [3.63, 3.8) is 0 Å². The first-order valence-electron chi connectivity index (χ1n) is 46.4. The fraction of sp³-hybridized carbons (Fsp3) is 0.896. The molecule has 105 heavy (non-hydrogen) atoms. The van der Waals surface area contributed by atoms with Crippen LogP contribution in [0.3, 0.4) is 0 Å². The number of aliphatic hydroxyl groups excluding tert-OH is 4. The molecule has 0 radical (unpaired) electrons. The largest absolute Gasteiger partial charge is 0.393 e. The van der Waals surface area contributed by atoms with Gasteiger partial charge in [-0.25, -0.2) is 0 Å². The van der Waals surface area contributed by atoms with E-state index in [1.165, 1.54) is 328 Å². The molecule has 2 aliphatic carbocycles. The van der Waals surface area contributed by atoms with Crippen molar-refractivity contribution in [1.29, 1.82) is 0 Å². The van der Waals surface area contributed by atoms with Crippen LogP contribution in [0, 0.1) is 11.8 Å². The lowest BCUT2D eigenvalue weighted by Crippen LogP contribution is -2.39. The van der Waals surface area contributed by atoms with Crippen molar-refractivity contribution in [2.24, 2.45) is 11.8 Å². The zero-order valence-electron chi connectivity index (χ0n) is 75.5. The minimum atomic E-state index is -0.351. The summed E-state index contributed by atoms with van der Waals surface area (Å²) in [5.74, 6) is 2.08. The first-order chi connectivity index (χ1) is 51.0. The second kappa shape index (κ2) is 110. The van der Waals surface area contributed by atoms with Crippen LogP contribution in [0.15, 0.2) is 63.6 Å². The fourth-order valence-electron chi connectivity index (χ4n) is 12.6. The topological polar surface area (TPSA) is 106 Å². The minimum absolute atomic E-state index is 0.0926. The molecule has 4 atom stereocenters. The summed E-state index contributed by atoms with van der Waals surface area (Å²) in [5.41, 5.74) is 0. The maximum Gasteiger partial charge on any atom is 0.0894 e. The highest BCUT2D eigenvalue weighted by Crippen LogP contribution is 2.27. The van der Waals surface area contributed by atoms with E-state index in [1.807, 2.05) is 55.5 Å². The Hall–Kier alpha value is -2.14. The smallest absolute Gasteiger partial charge is 0.0894 e. The molecule has 2 fully saturated rings. The van der Waals surface area contributed by atoms with E-state index in [1.54, 1.807) is 18.6 Å². The average Bonchev–Trinajstić information content (AvgIpc) is 1.07. The molecule has 0 saturated heterocycles. The molecule has 5 N–H and O–H groups in total. The summed E-state index contributed by atoms with van der Waals surface area (Å²) in [6.07, 6.45) is 82.9. The van der Waals surface area contributed by atoms with Crippen molar-refractivity contribution in [3.8, 4) is 0 Å². The third-order valence-corrected chi connectivity index (χ3v) is 19.8. The van der Waals surface area contributed by atoms with Gasteiger partial charge in [-0.3, -0.25) is 0 Å². The van der Waals surface area contributed by atoms with Gasteiger partial charge in [0.15, 0.2) is 0 Å². The minimum Gasteiger partial charge on any atom is -0.393 e. The Balaban J connectivity index is -0.000000168. The molecule has 0 heterocycles. The number of hydrogen-bond acceptors (Lipinski definition) is 9. The average molecular weight is 1490 g/mol. The molecule has 2 aliphatic rings. The van der Waals surface area contributed by atoms with Crippen molar-refractivity contribution in [3.05, 3.63) is 63.6 Å². The molecule has 2 saturated carbocycles. The van der Waals surface area contributed by atoms with Gasteiger partial charge in [0, 0.05) is 19.6 Å². The molecule has 9 heteroatoms. The van der Waals surface area contributed by atoms with E-state index in [2.05, 4.69) is 132 Å². The fourth-order valence-corrected chi connectivity index (χ4v) is 12.6. The number of unbranched alkanes of at least 4 members (excludes halogenated alkanes) is 29. The molecular weight excluding hydrogens is 1290 g/mol. The Morgan fingerprint density at radius 3 is 0.838 bits per heavy atom. The van der Waals surface area contributed by atoms with Crippen LogP contribution in [0.25, 0.3) is 0 Å². The Kier molecular flexibility index (Phi) is 125. The van der Waals surface area contributed by atoms with Gasteiger partial charge in [-0.2, -0.15) is 0 Å². The van der Waals surface area contributed by atoms with Crippen LogP contribution in [0.2, 0.25) is 0 Å². The molecule has 2 rings (SSSR count). The lowest BCUT2D eigenvalue weighted by molar-refractivity contribution is 0.0837. The summed E-state index contributed by atoms with van der Waals surface area (Å²) in [6.45, 7) is 60.4. The summed E-state index contributed by atoms with van der Waals surface area (Å²) in [6, 6.07) is 0. The van der Waals surface area contributed by atoms with Crippen molar-refractivity contribution >= 4 is 0 Å². The van der Waals surface area contributed by atoms with E-state index in [0.29, 0.717) is 26.3 Å². The molecule has 9 nitrogen and oxygen atoms in total. The Labute approximate surface area is 665 Å². The normalized spacial score (nSPS) is 13.4. The van der Waals surface area contributed by atoms with Crippen LogP contribution >= 0.6 is 0 Å².